The van der Waals surface area contributed by atoms with Gasteiger partial charge in [0.25, 0.3) is 5.91 Å². The van der Waals surface area contributed by atoms with E-state index in [1.807, 2.05) is 0 Å². The lowest BCUT2D eigenvalue weighted by Crippen LogP contribution is -2.22. The summed E-state index contributed by atoms with van der Waals surface area (Å²) < 4.78 is 30.9. The van der Waals surface area contributed by atoms with Crippen LogP contribution in [0.4, 0.5) is 4.39 Å². The Morgan fingerprint density at radius 2 is 1.92 bits per heavy atom. The largest absolute Gasteiger partial charge is 0.455 e. The minimum absolute atomic E-state index is 0.111. The Bertz CT molecular complexity index is 957. The molecule has 3 aromatic rings. The molecule has 3 rings (SSSR count). The maximum absolute atomic E-state index is 13.1. The molecule has 0 unspecified atom stereocenters. The number of rotatable bonds is 6. The fourth-order valence-corrected chi connectivity index (χ4v) is 3.64. The minimum atomic E-state index is -1.33. The number of benzene rings is 2. The minimum Gasteiger partial charge on any atom is -0.455 e. The number of hydrogen-bond acceptors (Lipinski definition) is 3. The van der Waals surface area contributed by atoms with Crippen molar-refractivity contribution in [2.24, 2.45) is 0 Å². The van der Waals surface area contributed by atoms with Crippen LogP contribution in [0.5, 0.6) is 0 Å². The number of hydrogen-bond donors (Lipinski definition) is 1. The average molecular weight is 392 g/mol. The van der Waals surface area contributed by atoms with E-state index in [0.717, 1.165) is 0 Å². The van der Waals surface area contributed by atoms with E-state index in [9.17, 15) is 13.4 Å². The third kappa shape index (κ3) is 4.80. The Morgan fingerprint density at radius 3 is 2.69 bits per heavy atom. The van der Waals surface area contributed by atoms with E-state index in [0.29, 0.717) is 21.2 Å². The molecule has 1 atom stereocenters. The van der Waals surface area contributed by atoms with Crippen LogP contribution in [0.1, 0.15) is 21.9 Å². The van der Waals surface area contributed by atoms with Crippen LogP contribution in [0.3, 0.4) is 0 Å². The molecule has 0 aliphatic carbocycles. The van der Waals surface area contributed by atoms with Crippen molar-refractivity contribution in [3.05, 3.63) is 88.6 Å². The quantitative estimate of drug-likeness (QED) is 0.681. The molecule has 0 saturated carbocycles. The highest BCUT2D eigenvalue weighted by atomic mass is 35.5. The lowest BCUT2D eigenvalue weighted by Gasteiger charge is -2.04. The molecule has 0 saturated heterocycles. The van der Waals surface area contributed by atoms with E-state index >= 15 is 0 Å². The van der Waals surface area contributed by atoms with E-state index in [1.165, 1.54) is 18.2 Å². The second kappa shape index (κ2) is 8.29. The Hall–Kier alpha value is -2.44. The summed E-state index contributed by atoms with van der Waals surface area (Å²) in [5.41, 5.74) is 0.646. The van der Waals surface area contributed by atoms with Gasteiger partial charge >= 0.3 is 0 Å². The molecule has 1 heterocycles. The monoisotopic (exact) mass is 391 g/mol. The molecule has 0 aliphatic rings. The van der Waals surface area contributed by atoms with E-state index in [2.05, 4.69) is 5.32 Å². The van der Waals surface area contributed by atoms with Crippen molar-refractivity contribution in [1.82, 2.24) is 5.32 Å². The maximum Gasteiger partial charge on any atom is 0.287 e. The van der Waals surface area contributed by atoms with Crippen molar-refractivity contribution in [3.8, 4) is 0 Å². The highest BCUT2D eigenvalue weighted by Crippen LogP contribution is 2.18. The van der Waals surface area contributed by atoms with Crippen LogP contribution >= 0.6 is 11.6 Å². The van der Waals surface area contributed by atoms with Crippen molar-refractivity contribution >= 4 is 28.3 Å². The number of carbonyl (C=O) groups is 1. The SMILES string of the molecule is O=C(NCc1cccc(F)c1)c1ccc(C[S@](=O)c2cccc(Cl)c2)o1. The van der Waals surface area contributed by atoms with Gasteiger partial charge in [0.1, 0.15) is 11.6 Å². The highest BCUT2D eigenvalue weighted by Gasteiger charge is 2.14. The fourth-order valence-electron chi connectivity index (χ4n) is 2.32. The van der Waals surface area contributed by atoms with Gasteiger partial charge in [0, 0.05) is 16.5 Å². The summed E-state index contributed by atoms with van der Waals surface area (Å²) in [4.78, 5) is 12.7. The first kappa shape index (κ1) is 18.4. The number of carbonyl (C=O) groups excluding carboxylic acids is 1. The molecule has 7 heteroatoms. The van der Waals surface area contributed by atoms with Gasteiger partial charge in [-0.15, -0.1) is 0 Å². The van der Waals surface area contributed by atoms with Gasteiger partial charge in [0.15, 0.2) is 5.76 Å². The molecular formula is C19H15ClFNO3S. The first-order chi connectivity index (χ1) is 12.5. The van der Waals surface area contributed by atoms with Gasteiger partial charge in [-0.1, -0.05) is 29.8 Å². The number of halogens is 2. The van der Waals surface area contributed by atoms with Crippen LogP contribution in [0, 0.1) is 5.82 Å². The zero-order valence-corrected chi connectivity index (χ0v) is 15.1. The molecule has 2 aromatic carbocycles. The van der Waals surface area contributed by atoms with Gasteiger partial charge in [-0.05, 0) is 48.0 Å². The van der Waals surface area contributed by atoms with E-state index < -0.39 is 16.7 Å². The summed E-state index contributed by atoms with van der Waals surface area (Å²) in [5.74, 6) is -0.106. The Balaban J connectivity index is 1.60. The molecule has 4 nitrogen and oxygen atoms in total. The van der Waals surface area contributed by atoms with Gasteiger partial charge in [-0.2, -0.15) is 0 Å². The molecule has 0 radical (unpaired) electrons. The van der Waals surface area contributed by atoms with Crippen LogP contribution in [0.25, 0.3) is 0 Å². The summed E-state index contributed by atoms with van der Waals surface area (Å²) in [6.07, 6.45) is 0. The molecule has 134 valence electrons. The normalized spacial score (nSPS) is 11.9. The van der Waals surface area contributed by atoms with E-state index in [4.69, 9.17) is 16.0 Å². The molecule has 1 N–H and O–H groups in total. The Morgan fingerprint density at radius 1 is 1.12 bits per heavy atom. The summed E-state index contributed by atoms with van der Waals surface area (Å²) >= 11 is 5.90. The van der Waals surface area contributed by atoms with Crippen LogP contribution in [0.2, 0.25) is 5.02 Å². The van der Waals surface area contributed by atoms with Gasteiger partial charge in [0.05, 0.1) is 16.6 Å². The van der Waals surface area contributed by atoms with Crippen molar-refractivity contribution in [3.63, 3.8) is 0 Å². The number of amides is 1. The van der Waals surface area contributed by atoms with Crippen molar-refractivity contribution in [2.75, 3.05) is 0 Å². The van der Waals surface area contributed by atoms with Crippen molar-refractivity contribution in [2.45, 2.75) is 17.2 Å². The van der Waals surface area contributed by atoms with E-state index in [1.54, 1.807) is 42.5 Å². The molecular weight excluding hydrogens is 377 g/mol. The van der Waals surface area contributed by atoms with Gasteiger partial charge < -0.3 is 9.73 Å². The first-order valence-electron chi connectivity index (χ1n) is 7.76. The standard InChI is InChI=1S/C19H15ClFNO3S/c20-14-4-2-6-17(10-14)26(24)12-16-7-8-18(25-16)19(23)22-11-13-3-1-5-15(21)9-13/h1-10H,11-12H2,(H,22,23)/t26-/m0/s1. The lowest BCUT2D eigenvalue weighted by molar-refractivity contribution is 0.0921. The number of nitrogens with one attached hydrogen (secondary N) is 1. The molecule has 0 aliphatic heterocycles. The lowest BCUT2D eigenvalue weighted by atomic mass is 10.2. The van der Waals surface area contributed by atoms with Crippen LogP contribution in [-0.4, -0.2) is 10.1 Å². The summed E-state index contributed by atoms with van der Waals surface area (Å²) in [5, 5.41) is 3.16. The molecule has 1 amide bonds. The smallest absolute Gasteiger partial charge is 0.287 e. The second-order valence-corrected chi connectivity index (χ2v) is 7.41. The zero-order valence-electron chi connectivity index (χ0n) is 13.6. The molecule has 0 bridgehead atoms. The molecule has 0 spiro atoms. The summed E-state index contributed by atoms with van der Waals surface area (Å²) in [7, 11) is -1.33. The Labute approximate surface area is 157 Å². The average Bonchev–Trinajstić information content (AvgIpc) is 3.08. The molecule has 26 heavy (non-hydrogen) atoms. The number of furan rings is 1. The highest BCUT2D eigenvalue weighted by molar-refractivity contribution is 7.84. The van der Waals surface area contributed by atoms with Gasteiger partial charge in [-0.25, -0.2) is 4.39 Å². The Kier molecular flexibility index (Phi) is 5.85. The van der Waals surface area contributed by atoms with Crippen LogP contribution in [-0.2, 0) is 23.1 Å². The van der Waals surface area contributed by atoms with Crippen molar-refractivity contribution in [1.29, 1.82) is 0 Å². The van der Waals surface area contributed by atoms with Crippen LogP contribution < -0.4 is 5.32 Å². The van der Waals surface area contributed by atoms with Gasteiger partial charge in [-0.3, -0.25) is 9.00 Å². The summed E-state index contributed by atoms with van der Waals surface area (Å²) in [6.45, 7) is 0.182. The third-order valence-electron chi connectivity index (χ3n) is 3.56. The maximum atomic E-state index is 13.1. The molecule has 0 fully saturated rings. The topological polar surface area (TPSA) is 59.3 Å². The van der Waals surface area contributed by atoms with Crippen LogP contribution in [0.15, 0.2) is 70.0 Å². The molecule has 1 aromatic heterocycles. The van der Waals surface area contributed by atoms with Crippen molar-refractivity contribution < 1.29 is 17.8 Å². The zero-order chi connectivity index (χ0) is 18.5. The first-order valence-corrected chi connectivity index (χ1v) is 9.46. The fraction of sp³-hybridized carbons (Fsp3) is 0.105. The predicted molar refractivity (Wildman–Crippen MR) is 97.8 cm³/mol. The predicted octanol–water partition coefficient (Wildman–Crippen LogP) is 4.31. The second-order valence-electron chi connectivity index (χ2n) is 5.53. The van der Waals surface area contributed by atoms with E-state index in [-0.39, 0.29) is 23.9 Å². The summed E-state index contributed by atoms with van der Waals surface area (Å²) in [6, 6.07) is 15.9. The third-order valence-corrected chi connectivity index (χ3v) is 5.12. The van der Waals surface area contributed by atoms with Gasteiger partial charge in [0.2, 0.25) is 0 Å².